The Hall–Kier alpha value is -2.04. The third-order valence-corrected chi connectivity index (χ3v) is 3.06. The summed E-state index contributed by atoms with van der Waals surface area (Å²) in [5.41, 5.74) is 0.790. The van der Waals surface area contributed by atoms with Crippen molar-refractivity contribution in [3.8, 4) is 5.75 Å². The van der Waals surface area contributed by atoms with Gasteiger partial charge in [-0.25, -0.2) is 0 Å². The van der Waals surface area contributed by atoms with Gasteiger partial charge in [-0.1, -0.05) is 18.2 Å². The lowest BCUT2D eigenvalue weighted by Crippen LogP contribution is -2.31. The van der Waals surface area contributed by atoms with E-state index in [4.69, 9.17) is 4.74 Å². The maximum atomic E-state index is 11.3. The summed E-state index contributed by atoms with van der Waals surface area (Å²) >= 11 is 0. The quantitative estimate of drug-likeness (QED) is 0.807. The summed E-state index contributed by atoms with van der Waals surface area (Å²) in [4.78, 5) is 22.4. The Morgan fingerprint density at radius 1 is 1.42 bits per heavy atom. The van der Waals surface area contributed by atoms with Gasteiger partial charge in [-0.2, -0.15) is 0 Å². The van der Waals surface area contributed by atoms with Crippen LogP contribution in [0.3, 0.4) is 0 Å². The number of methoxy groups -OCH3 is 1. The molecule has 1 heterocycles. The Morgan fingerprint density at radius 3 is 2.89 bits per heavy atom. The zero-order valence-electron chi connectivity index (χ0n) is 10.8. The lowest BCUT2D eigenvalue weighted by atomic mass is 10.1. The zero-order chi connectivity index (χ0) is 13.7. The fourth-order valence-electron chi connectivity index (χ4n) is 2.01. The fourth-order valence-corrected chi connectivity index (χ4v) is 2.01. The first-order valence-electron chi connectivity index (χ1n) is 6.26. The molecule has 1 saturated heterocycles. The molecular weight excluding hydrogens is 246 g/mol. The molecule has 1 fully saturated rings. The van der Waals surface area contributed by atoms with Gasteiger partial charge in [0.15, 0.2) is 0 Å². The molecule has 1 atom stereocenters. The average Bonchev–Trinajstić information content (AvgIpc) is 2.83. The molecule has 1 aromatic carbocycles. The average molecular weight is 263 g/mol. The van der Waals surface area contributed by atoms with Crippen molar-refractivity contribution < 1.29 is 19.1 Å². The normalized spacial score (nSPS) is 17.9. The van der Waals surface area contributed by atoms with E-state index in [1.807, 2.05) is 24.3 Å². The third kappa shape index (κ3) is 3.71. The summed E-state index contributed by atoms with van der Waals surface area (Å²) in [7, 11) is 1.36. The molecule has 19 heavy (non-hydrogen) atoms. The third-order valence-electron chi connectivity index (χ3n) is 3.06. The van der Waals surface area contributed by atoms with E-state index in [1.165, 1.54) is 7.11 Å². The largest absolute Gasteiger partial charge is 0.491 e. The number of carbonyl (C=O) groups excluding carboxylic acids is 2. The molecule has 5 nitrogen and oxygen atoms in total. The number of hydrogen-bond donors (Lipinski definition) is 1. The Bertz CT molecular complexity index is 472. The summed E-state index contributed by atoms with van der Waals surface area (Å²) in [6, 6.07) is 7.40. The minimum absolute atomic E-state index is 0.0543. The van der Waals surface area contributed by atoms with Crippen molar-refractivity contribution in [1.82, 2.24) is 5.32 Å². The van der Waals surface area contributed by atoms with Gasteiger partial charge >= 0.3 is 5.97 Å². The van der Waals surface area contributed by atoms with Crippen molar-refractivity contribution in [3.05, 3.63) is 29.8 Å². The molecule has 1 aromatic rings. The van der Waals surface area contributed by atoms with Crippen LogP contribution in [0.15, 0.2) is 24.3 Å². The van der Waals surface area contributed by atoms with E-state index in [0.29, 0.717) is 18.8 Å². The number of hydrogen-bond acceptors (Lipinski definition) is 4. The number of esters is 1. The van der Waals surface area contributed by atoms with Crippen LogP contribution < -0.4 is 10.1 Å². The van der Waals surface area contributed by atoms with Gasteiger partial charge in [-0.3, -0.25) is 9.59 Å². The van der Waals surface area contributed by atoms with Crippen molar-refractivity contribution in [2.45, 2.75) is 25.3 Å². The molecular formula is C14H17NO4. The minimum Gasteiger partial charge on any atom is -0.491 e. The Kier molecular flexibility index (Phi) is 4.39. The Labute approximate surface area is 111 Å². The van der Waals surface area contributed by atoms with E-state index in [2.05, 4.69) is 10.1 Å². The number of carbonyl (C=O) groups is 2. The van der Waals surface area contributed by atoms with E-state index >= 15 is 0 Å². The van der Waals surface area contributed by atoms with Crippen LogP contribution in [0.5, 0.6) is 5.75 Å². The molecule has 102 valence electrons. The molecule has 0 spiro atoms. The lowest BCUT2D eigenvalue weighted by Gasteiger charge is -2.14. The van der Waals surface area contributed by atoms with E-state index in [-0.39, 0.29) is 24.3 Å². The SMILES string of the molecule is COC(=O)Cc1ccccc1OCC1CCC(=O)N1. The van der Waals surface area contributed by atoms with Crippen LogP contribution >= 0.6 is 0 Å². The van der Waals surface area contributed by atoms with Crippen LogP contribution in [0.25, 0.3) is 0 Å². The van der Waals surface area contributed by atoms with Gasteiger partial charge in [0.25, 0.3) is 0 Å². The summed E-state index contributed by atoms with van der Waals surface area (Å²) in [6.07, 6.45) is 1.53. The molecule has 1 unspecified atom stereocenters. The van der Waals surface area contributed by atoms with Gasteiger partial charge in [0.05, 0.1) is 19.6 Å². The Balaban J connectivity index is 1.95. The second-order valence-electron chi connectivity index (χ2n) is 4.47. The standard InChI is InChI=1S/C14H17NO4/c1-18-14(17)8-10-4-2-3-5-12(10)19-9-11-6-7-13(16)15-11/h2-5,11H,6-9H2,1H3,(H,15,16). The van der Waals surface area contributed by atoms with Crippen molar-refractivity contribution in [1.29, 1.82) is 0 Å². The van der Waals surface area contributed by atoms with Gasteiger partial charge in [0, 0.05) is 12.0 Å². The molecule has 0 aromatic heterocycles. The van der Waals surface area contributed by atoms with Gasteiger partial charge in [0.1, 0.15) is 12.4 Å². The van der Waals surface area contributed by atoms with Gasteiger partial charge in [-0.15, -0.1) is 0 Å². The van der Waals surface area contributed by atoms with Crippen molar-refractivity contribution in [2.24, 2.45) is 0 Å². The van der Waals surface area contributed by atoms with Crippen LogP contribution in [0.2, 0.25) is 0 Å². The smallest absolute Gasteiger partial charge is 0.310 e. The summed E-state index contributed by atoms with van der Waals surface area (Å²) in [5, 5.41) is 2.84. The summed E-state index contributed by atoms with van der Waals surface area (Å²) in [6.45, 7) is 0.421. The highest BCUT2D eigenvalue weighted by molar-refractivity contribution is 5.78. The number of amides is 1. The van der Waals surface area contributed by atoms with Crippen molar-refractivity contribution in [2.75, 3.05) is 13.7 Å². The van der Waals surface area contributed by atoms with Gasteiger partial charge in [0.2, 0.25) is 5.91 Å². The molecule has 2 rings (SSSR count). The van der Waals surface area contributed by atoms with Crippen LogP contribution in [0, 0.1) is 0 Å². The first-order valence-corrected chi connectivity index (χ1v) is 6.26. The second-order valence-corrected chi connectivity index (χ2v) is 4.47. The maximum Gasteiger partial charge on any atom is 0.310 e. The highest BCUT2D eigenvalue weighted by Gasteiger charge is 2.21. The molecule has 0 radical (unpaired) electrons. The Morgan fingerprint density at radius 2 is 2.21 bits per heavy atom. The molecule has 5 heteroatoms. The van der Waals surface area contributed by atoms with Crippen LogP contribution in [0.1, 0.15) is 18.4 Å². The van der Waals surface area contributed by atoms with Crippen molar-refractivity contribution >= 4 is 11.9 Å². The number of nitrogens with one attached hydrogen (secondary N) is 1. The predicted molar refractivity (Wildman–Crippen MR) is 68.8 cm³/mol. The zero-order valence-corrected chi connectivity index (χ0v) is 10.8. The molecule has 1 aliphatic heterocycles. The summed E-state index contributed by atoms with van der Waals surface area (Å²) < 4.78 is 10.3. The topological polar surface area (TPSA) is 64.6 Å². The predicted octanol–water partition coefficient (Wildman–Crippen LogP) is 1.06. The van der Waals surface area contributed by atoms with Gasteiger partial charge in [-0.05, 0) is 12.5 Å². The van der Waals surface area contributed by atoms with Crippen LogP contribution in [-0.4, -0.2) is 31.6 Å². The number of ether oxygens (including phenoxy) is 2. The van der Waals surface area contributed by atoms with E-state index in [1.54, 1.807) is 0 Å². The second kappa shape index (κ2) is 6.22. The van der Waals surface area contributed by atoms with Crippen molar-refractivity contribution in [3.63, 3.8) is 0 Å². The number of rotatable bonds is 5. The van der Waals surface area contributed by atoms with Crippen LogP contribution in [-0.2, 0) is 20.7 Å². The van der Waals surface area contributed by atoms with Gasteiger partial charge < -0.3 is 14.8 Å². The van der Waals surface area contributed by atoms with E-state index < -0.39 is 0 Å². The fraction of sp³-hybridized carbons (Fsp3) is 0.429. The number of benzene rings is 1. The van der Waals surface area contributed by atoms with E-state index in [9.17, 15) is 9.59 Å². The molecule has 1 aliphatic rings. The maximum absolute atomic E-state index is 11.3. The monoisotopic (exact) mass is 263 g/mol. The molecule has 0 saturated carbocycles. The highest BCUT2D eigenvalue weighted by Crippen LogP contribution is 2.20. The number of para-hydroxylation sites is 1. The van der Waals surface area contributed by atoms with E-state index in [0.717, 1.165) is 12.0 Å². The molecule has 0 bridgehead atoms. The highest BCUT2D eigenvalue weighted by atomic mass is 16.5. The first kappa shape index (κ1) is 13.4. The molecule has 1 N–H and O–H groups in total. The molecule has 1 amide bonds. The lowest BCUT2D eigenvalue weighted by molar-refractivity contribution is -0.139. The van der Waals surface area contributed by atoms with Crippen LogP contribution in [0.4, 0.5) is 0 Å². The molecule has 0 aliphatic carbocycles. The first-order chi connectivity index (χ1) is 9.19. The summed E-state index contributed by atoms with van der Waals surface area (Å²) in [5.74, 6) is 0.427. The minimum atomic E-state index is -0.301.